The third-order valence-electron chi connectivity index (χ3n) is 3.95. The normalized spacial score (nSPS) is 12.8. The quantitative estimate of drug-likeness (QED) is 0.762. The molecule has 0 aliphatic carbocycles. The molecular formula is C18H11ClFN3O2. The topological polar surface area (TPSA) is 67.5 Å². The van der Waals surface area contributed by atoms with Crippen LogP contribution in [0.25, 0.3) is 5.69 Å². The van der Waals surface area contributed by atoms with Crippen LogP contribution in [0.1, 0.15) is 27.4 Å². The van der Waals surface area contributed by atoms with Crippen LogP contribution in [-0.4, -0.2) is 26.3 Å². The standard InChI is InChI=1S/C18H11ClFN3O2/c19-11-4-5-15-13(7-11)17(10-2-1-3-12(20)6-10)21-8-16-22-14(18(24)25)9-23(15)16/h1-7,9H,8H2,(H,24,25). The molecule has 124 valence electrons. The Hall–Kier alpha value is -2.99. The minimum absolute atomic E-state index is 0.0553. The molecule has 4 rings (SSSR count). The predicted molar refractivity (Wildman–Crippen MR) is 91.3 cm³/mol. The Balaban J connectivity index is 1.96. The number of aliphatic imine (C=N–C) groups is 1. The van der Waals surface area contributed by atoms with Crippen LogP contribution in [0.4, 0.5) is 4.39 Å². The van der Waals surface area contributed by atoms with Gasteiger partial charge in [-0.25, -0.2) is 14.2 Å². The predicted octanol–water partition coefficient (Wildman–Crippen LogP) is 3.71. The molecule has 2 aromatic carbocycles. The Morgan fingerprint density at radius 2 is 2.08 bits per heavy atom. The summed E-state index contributed by atoms with van der Waals surface area (Å²) in [6.07, 6.45) is 1.45. The summed E-state index contributed by atoms with van der Waals surface area (Å²) in [7, 11) is 0. The van der Waals surface area contributed by atoms with Crippen LogP contribution in [0.3, 0.4) is 0 Å². The van der Waals surface area contributed by atoms with Gasteiger partial charge in [0.15, 0.2) is 5.69 Å². The highest BCUT2D eigenvalue weighted by atomic mass is 35.5. The zero-order valence-electron chi connectivity index (χ0n) is 12.8. The van der Waals surface area contributed by atoms with Crippen molar-refractivity contribution >= 4 is 23.3 Å². The van der Waals surface area contributed by atoms with Gasteiger partial charge in [-0.2, -0.15) is 0 Å². The maximum Gasteiger partial charge on any atom is 0.356 e. The fourth-order valence-corrected chi connectivity index (χ4v) is 3.04. The van der Waals surface area contributed by atoms with Crippen molar-refractivity contribution in [3.8, 4) is 5.69 Å². The molecule has 0 spiro atoms. The maximum atomic E-state index is 13.7. The van der Waals surface area contributed by atoms with E-state index in [4.69, 9.17) is 11.6 Å². The molecule has 0 saturated heterocycles. The highest BCUT2D eigenvalue weighted by Crippen LogP contribution is 2.28. The highest BCUT2D eigenvalue weighted by molar-refractivity contribution is 6.31. The van der Waals surface area contributed by atoms with Gasteiger partial charge in [0.05, 0.1) is 17.9 Å². The summed E-state index contributed by atoms with van der Waals surface area (Å²) in [6.45, 7) is 0.172. The lowest BCUT2D eigenvalue weighted by atomic mass is 10.0. The number of nitrogens with zero attached hydrogens (tertiary/aromatic N) is 3. The van der Waals surface area contributed by atoms with Gasteiger partial charge in [0.1, 0.15) is 11.6 Å². The number of aromatic nitrogens is 2. The number of carbonyl (C=O) groups is 1. The molecule has 0 amide bonds. The number of hydrogen-bond donors (Lipinski definition) is 1. The number of hydrogen-bond acceptors (Lipinski definition) is 3. The van der Waals surface area contributed by atoms with Gasteiger partial charge in [-0.05, 0) is 30.3 Å². The van der Waals surface area contributed by atoms with Crippen molar-refractivity contribution in [3.05, 3.63) is 82.1 Å². The molecule has 0 radical (unpaired) electrons. The second-order valence-electron chi connectivity index (χ2n) is 5.55. The molecule has 1 N–H and O–H groups in total. The van der Waals surface area contributed by atoms with E-state index in [0.717, 1.165) is 0 Å². The lowest BCUT2D eigenvalue weighted by molar-refractivity contribution is 0.0691. The summed E-state index contributed by atoms with van der Waals surface area (Å²) in [5.41, 5.74) is 2.53. The van der Waals surface area contributed by atoms with Gasteiger partial charge >= 0.3 is 5.97 Å². The Morgan fingerprint density at radius 3 is 2.84 bits per heavy atom. The van der Waals surface area contributed by atoms with Gasteiger partial charge in [-0.3, -0.25) is 4.99 Å². The van der Waals surface area contributed by atoms with E-state index < -0.39 is 5.97 Å². The van der Waals surface area contributed by atoms with Gasteiger partial charge in [0.25, 0.3) is 0 Å². The molecule has 5 nitrogen and oxygen atoms in total. The summed E-state index contributed by atoms with van der Waals surface area (Å²) >= 11 is 6.15. The van der Waals surface area contributed by atoms with E-state index in [-0.39, 0.29) is 18.1 Å². The van der Waals surface area contributed by atoms with E-state index in [9.17, 15) is 14.3 Å². The molecule has 0 atom stereocenters. The number of imidazole rings is 1. The zero-order chi connectivity index (χ0) is 17.6. The number of halogens is 2. The summed E-state index contributed by atoms with van der Waals surface area (Å²) in [4.78, 5) is 19.9. The van der Waals surface area contributed by atoms with E-state index in [0.29, 0.717) is 33.4 Å². The van der Waals surface area contributed by atoms with Crippen molar-refractivity contribution in [2.75, 3.05) is 0 Å². The SMILES string of the molecule is O=C(O)c1cn2c(n1)CN=C(c1cccc(F)c1)c1cc(Cl)ccc1-2. The van der Waals surface area contributed by atoms with Crippen molar-refractivity contribution in [3.63, 3.8) is 0 Å². The maximum absolute atomic E-state index is 13.7. The van der Waals surface area contributed by atoms with Crippen LogP contribution in [0, 0.1) is 5.82 Å². The molecule has 1 aliphatic heterocycles. The van der Waals surface area contributed by atoms with Crippen LogP contribution >= 0.6 is 11.6 Å². The van der Waals surface area contributed by atoms with E-state index in [1.165, 1.54) is 18.3 Å². The summed E-state index contributed by atoms with van der Waals surface area (Å²) in [5, 5.41) is 9.69. The van der Waals surface area contributed by atoms with E-state index >= 15 is 0 Å². The highest BCUT2D eigenvalue weighted by Gasteiger charge is 2.22. The molecule has 0 unspecified atom stereocenters. The average Bonchev–Trinajstić information content (AvgIpc) is 2.94. The monoisotopic (exact) mass is 355 g/mol. The molecule has 1 aliphatic rings. The number of aromatic carboxylic acids is 1. The second kappa shape index (κ2) is 5.82. The average molecular weight is 356 g/mol. The van der Waals surface area contributed by atoms with Crippen LogP contribution in [0.15, 0.2) is 53.7 Å². The molecule has 1 aromatic heterocycles. The van der Waals surface area contributed by atoms with Crippen molar-refractivity contribution < 1.29 is 14.3 Å². The van der Waals surface area contributed by atoms with Crippen LogP contribution < -0.4 is 0 Å². The minimum atomic E-state index is -1.11. The van der Waals surface area contributed by atoms with Crippen LogP contribution in [-0.2, 0) is 6.54 Å². The molecule has 3 aromatic rings. The number of fused-ring (bicyclic) bond motifs is 3. The third kappa shape index (κ3) is 2.70. The summed E-state index contributed by atoms with van der Waals surface area (Å²) in [6, 6.07) is 11.4. The molecule has 25 heavy (non-hydrogen) atoms. The first-order valence-corrected chi connectivity index (χ1v) is 7.83. The fraction of sp³-hybridized carbons (Fsp3) is 0.0556. The fourth-order valence-electron chi connectivity index (χ4n) is 2.87. The largest absolute Gasteiger partial charge is 0.476 e. The van der Waals surface area contributed by atoms with E-state index in [2.05, 4.69) is 9.98 Å². The van der Waals surface area contributed by atoms with Gasteiger partial charge in [0.2, 0.25) is 0 Å². The van der Waals surface area contributed by atoms with E-state index in [1.807, 2.05) is 0 Å². The zero-order valence-corrected chi connectivity index (χ0v) is 13.5. The number of carboxylic acids is 1. The smallest absolute Gasteiger partial charge is 0.356 e. The van der Waals surface area contributed by atoms with Crippen molar-refractivity contribution in [1.82, 2.24) is 9.55 Å². The van der Waals surface area contributed by atoms with Crippen LogP contribution in [0.2, 0.25) is 5.02 Å². The molecular weight excluding hydrogens is 345 g/mol. The molecule has 0 bridgehead atoms. The van der Waals surface area contributed by atoms with Crippen molar-refractivity contribution in [2.45, 2.75) is 6.54 Å². The molecule has 0 fully saturated rings. The third-order valence-corrected chi connectivity index (χ3v) is 4.18. The van der Waals surface area contributed by atoms with Crippen molar-refractivity contribution in [1.29, 1.82) is 0 Å². The minimum Gasteiger partial charge on any atom is -0.476 e. The van der Waals surface area contributed by atoms with Crippen molar-refractivity contribution in [2.24, 2.45) is 4.99 Å². The van der Waals surface area contributed by atoms with E-state index in [1.54, 1.807) is 34.9 Å². The number of rotatable bonds is 2. The molecule has 7 heteroatoms. The van der Waals surface area contributed by atoms with Gasteiger partial charge in [-0.15, -0.1) is 0 Å². The van der Waals surface area contributed by atoms with Crippen LogP contribution in [0.5, 0.6) is 0 Å². The first-order valence-electron chi connectivity index (χ1n) is 7.45. The molecule has 2 heterocycles. The number of benzene rings is 2. The summed E-state index contributed by atoms with van der Waals surface area (Å²) < 4.78 is 15.3. The Kier molecular flexibility index (Phi) is 3.62. The first kappa shape index (κ1) is 15.5. The number of carboxylic acid groups (broad SMARTS) is 1. The lowest BCUT2D eigenvalue weighted by Gasteiger charge is -2.12. The van der Waals surface area contributed by atoms with Gasteiger partial charge in [-0.1, -0.05) is 23.7 Å². The van der Waals surface area contributed by atoms with Gasteiger partial charge < -0.3 is 9.67 Å². The Labute approximate surface area is 147 Å². The molecule has 0 saturated carbocycles. The Bertz CT molecular complexity index is 1040. The van der Waals surface area contributed by atoms with Gasteiger partial charge in [0, 0.05) is 22.3 Å². The lowest BCUT2D eigenvalue weighted by Crippen LogP contribution is -2.07. The Morgan fingerprint density at radius 1 is 1.24 bits per heavy atom. The second-order valence-corrected chi connectivity index (χ2v) is 5.99. The summed E-state index contributed by atoms with van der Waals surface area (Å²) in [5.74, 6) is -0.975. The first-order chi connectivity index (χ1) is 12.0.